The Bertz CT molecular complexity index is 665. The summed E-state index contributed by atoms with van der Waals surface area (Å²) in [5.74, 6) is -0.0631. The summed E-state index contributed by atoms with van der Waals surface area (Å²) in [4.78, 5) is 21.1. The maximum Gasteiger partial charge on any atom is 0.237 e. The summed E-state index contributed by atoms with van der Waals surface area (Å²) in [5.41, 5.74) is 3.78. The summed E-state index contributed by atoms with van der Waals surface area (Å²) < 4.78 is 0.979. The Morgan fingerprint density at radius 1 is 1.14 bits per heavy atom. The van der Waals surface area contributed by atoms with Crippen LogP contribution in [0.4, 0.5) is 5.69 Å². The van der Waals surface area contributed by atoms with Crippen LogP contribution in [-0.2, 0) is 4.79 Å². The summed E-state index contributed by atoms with van der Waals surface area (Å²) in [5, 5.41) is 3.26. The Morgan fingerprint density at radius 2 is 1.68 bits per heavy atom. The van der Waals surface area contributed by atoms with Gasteiger partial charge in [-0.25, -0.2) is 9.97 Å². The van der Waals surface area contributed by atoms with Crippen LogP contribution in [0.25, 0.3) is 0 Å². The maximum atomic E-state index is 12.2. The van der Waals surface area contributed by atoms with Crippen LogP contribution >= 0.6 is 27.7 Å². The number of nitrogens with zero attached hydrogens (tertiary/aromatic N) is 2. The normalized spacial score (nSPS) is 12.0. The zero-order valence-electron chi connectivity index (χ0n) is 13.0. The molecule has 6 heteroatoms. The van der Waals surface area contributed by atoms with Crippen molar-refractivity contribution in [1.82, 2.24) is 9.97 Å². The number of amides is 1. The van der Waals surface area contributed by atoms with Crippen molar-refractivity contribution in [2.45, 2.75) is 38.1 Å². The molecular formula is C16H18BrN3OS. The highest BCUT2D eigenvalue weighted by Crippen LogP contribution is 2.23. The van der Waals surface area contributed by atoms with E-state index < -0.39 is 0 Å². The molecule has 0 aliphatic carbocycles. The van der Waals surface area contributed by atoms with Crippen LogP contribution in [0, 0.1) is 20.8 Å². The van der Waals surface area contributed by atoms with Gasteiger partial charge in [0.25, 0.3) is 0 Å². The molecule has 0 fully saturated rings. The smallest absolute Gasteiger partial charge is 0.237 e. The Balaban J connectivity index is 2.03. The molecule has 4 nitrogen and oxygen atoms in total. The van der Waals surface area contributed by atoms with Gasteiger partial charge in [0.05, 0.1) is 5.25 Å². The third kappa shape index (κ3) is 4.30. The molecule has 0 saturated heterocycles. The monoisotopic (exact) mass is 379 g/mol. The van der Waals surface area contributed by atoms with Gasteiger partial charge in [-0.2, -0.15) is 0 Å². The van der Waals surface area contributed by atoms with Crippen molar-refractivity contribution in [2.75, 3.05) is 5.32 Å². The van der Waals surface area contributed by atoms with E-state index in [4.69, 9.17) is 0 Å². The predicted octanol–water partition coefficient (Wildman–Crippen LogP) is 4.28. The molecule has 2 rings (SSSR count). The fraction of sp³-hybridized carbons (Fsp3) is 0.312. The van der Waals surface area contributed by atoms with Crippen LogP contribution < -0.4 is 5.32 Å². The topological polar surface area (TPSA) is 54.9 Å². The van der Waals surface area contributed by atoms with E-state index in [0.717, 1.165) is 27.1 Å². The van der Waals surface area contributed by atoms with Gasteiger partial charge in [-0.3, -0.25) is 4.79 Å². The van der Waals surface area contributed by atoms with Crippen molar-refractivity contribution in [2.24, 2.45) is 0 Å². The van der Waals surface area contributed by atoms with E-state index in [2.05, 4.69) is 31.2 Å². The standard InChI is InChI=1S/C16H18BrN3OS/c1-9-10(2)18-16(19-11(9)3)22-12(4)15(21)20-14-7-5-13(17)6-8-14/h5-8,12H,1-4H3,(H,20,21)/t12-/m0/s1. The minimum absolute atomic E-state index is 0.0631. The summed E-state index contributed by atoms with van der Waals surface area (Å²) in [6.45, 7) is 7.77. The minimum atomic E-state index is -0.273. The van der Waals surface area contributed by atoms with E-state index in [1.165, 1.54) is 11.8 Å². The van der Waals surface area contributed by atoms with E-state index in [9.17, 15) is 4.79 Å². The van der Waals surface area contributed by atoms with Gasteiger partial charge in [0.1, 0.15) is 0 Å². The lowest BCUT2D eigenvalue weighted by Crippen LogP contribution is -2.22. The van der Waals surface area contributed by atoms with Crippen molar-refractivity contribution in [1.29, 1.82) is 0 Å². The number of nitrogens with one attached hydrogen (secondary N) is 1. The van der Waals surface area contributed by atoms with Crippen LogP contribution in [0.2, 0.25) is 0 Å². The van der Waals surface area contributed by atoms with Crippen molar-refractivity contribution in [3.63, 3.8) is 0 Å². The summed E-state index contributed by atoms with van der Waals surface area (Å²) in [6, 6.07) is 7.50. The van der Waals surface area contributed by atoms with Crippen molar-refractivity contribution >= 4 is 39.3 Å². The minimum Gasteiger partial charge on any atom is -0.325 e. The summed E-state index contributed by atoms with van der Waals surface area (Å²) in [6.07, 6.45) is 0. The van der Waals surface area contributed by atoms with E-state index in [1.54, 1.807) is 0 Å². The van der Waals surface area contributed by atoms with Crippen molar-refractivity contribution in [3.8, 4) is 0 Å². The zero-order chi connectivity index (χ0) is 16.3. The third-order valence-electron chi connectivity index (χ3n) is 3.38. The van der Waals surface area contributed by atoms with Gasteiger partial charge in [-0.15, -0.1) is 0 Å². The van der Waals surface area contributed by atoms with Gasteiger partial charge in [0.2, 0.25) is 5.91 Å². The second-order valence-electron chi connectivity index (χ2n) is 5.06. The SMILES string of the molecule is Cc1nc(S[C@@H](C)C(=O)Nc2ccc(Br)cc2)nc(C)c1C. The first-order valence-corrected chi connectivity index (χ1v) is 8.59. The third-order valence-corrected chi connectivity index (χ3v) is 4.86. The van der Waals surface area contributed by atoms with Gasteiger partial charge in [-0.1, -0.05) is 27.7 Å². The van der Waals surface area contributed by atoms with Gasteiger partial charge >= 0.3 is 0 Å². The summed E-state index contributed by atoms with van der Waals surface area (Å²) >= 11 is 4.74. The zero-order valence-corrected chi connectivity index (χ0v) is 15.4. The molecule has 1 heterocycles. The molecule has 116 valence electrons. The molecule has 0 radical (unpaired) electrons. The molecule has 0 unspecified atom stereocenters. The van der Waals surface area contributed by atoms with Crippen LogP contribution in [0.5, 0.6) is 0 Å². The van der Waals surface area contributed by atoms with Crippen molar-refractivity contribution < 1.29 is 4.79 Å². The number of rotatable bonds is 4. The quantitative estimate of drug-likeness (QED) is 0.635. The second-order valence-corrected chi connectivity index (χ2v) is 7.28. The molecule has 0 spiro atoms. The first kappa shape index (κ1) is 17.0. The highest BCUT2D eigenvalue weighted by atomic mass is 79.9. The Morgan fingerprint density at radius 3 is 2.23 bits per heavy atom. The largest absolute Gasteiger partial charge is 0.325 e. The molecule has 1 atom stereocenters. The number of hydrogen-bond donors (Lipinski definition) is 1. The predicted molar refractivity (Wildman–Crippen MR) is 94.3 cm³/mol. The molecule has 1 N–H and O–H groups in total. The van der Waals surface area contributed by atoms with Crippen LogP contribution in [-0.4, -0.2) is 21.1 Å². The Hall–Kier alpha value is -1.40. The molecule has 2 aromatic rings. The first-order valence-electron chi connectivity index (χ1n) is 6.91. The molecule has 0 saturated carbocycles. The Labute approximate surface area is 143 Å². The number of benzene rings is 1. The van der Waals surface area contributed by atoms with Crippen LogP contribution in [0.3, 0.4) is 0 Å². The number of carbonyl (C=O) groups is 1. The number of aromatic nitrogens is 2. The van der Waals surface area contributed by atoms with E-state index in [-0.39, 0.29) is 11.2 Å². The van der Waals surface area contributed by atoms with E-state index >= 15 is 0 Å². The highest BCUT2D eigenvalue weighted by Gasteiger charge is 2.17. The van der Waals surface area contributed by atoms with E-state index in [0.29, 0.717) is 5.16 Å². The molecule has 0 aliphatic heterocycles. The van der Waals surface area contributed by atoms with Gasteiger partial charge < -0.3 is 5.32 Å². The van der Waals surface area contributed by atoms with Gasteiger partial charge in [0, 0.05) is 21.5 Å². The number of carbonyl (C=O) groups excluding carboxylic acids is 1. The van der Waals surface area contributed by atoms with Crippen LogP contribution in [0.1, 0.15) is 23.9 Å². The Kier molecular flexibility index (Phi) is 5.58. The van der Waals surface area contributed by atoms with Gasteiger partial charge in [0.15, 0.2) is 5.16 Å². The number of aryl methyl sites for hydroxylation is 2. The second kappa shape index (κ2) is 7.24. The van der Waals surface area contributed by atoms with E-state index in [1.807, 2.05) is 52.0 Å². The number of hydrogen-bond acceptors (Lipinski definition) is 4. The molecule has 0 bridgehead atoms. The molecular weight excluding hydrogens is 362 g/mol. The molecule has 1 aromatic heterocycles. The lowest BCUT2D eigenvalue weighted by atomic mass is 10.2. The fourth-order valence-electron chi connectivity index (χ4n) is 1.78. The number of thioether (sulfide) groups is 1. The average Bonchev–Trinajstić information content (AvgIpc) is 2.47. The average molecular weight is 380 g/mol. The lowest BCUT2D eigenvalue weighted by Gasteiger charge is -2.12. The number of anilines is 1. The summed E-state index contributed by atoms with van der Waals surface area (Å²) in [7, 11) is 0. The molecule has 1 amide bonds. The molecule has 22 heavy (non-hydrogen) atoms. The fourth-order valence-corrected chi connectivity index (χ4v) is 2.91. The maximum absolute atomic E-state index is 12.2. The molecule has 0 aliphatic rings. The number of halogens is 1. The lowest BCUT2D eigenvalue weighted by molar-refractivity contribution is -0.115. The first-order chi connectivity index (χ1) is 10.4. The molecule has 1 aromatic carbocycles. The van der Waals surface area contributed by atoms with Crippen LogP contribution in [0.15, 0.2) is 33.9 Å². The van der Waals surface area contributed by atoms with Crippen molar-refractivity contribution in [3.05, 3.63) is 45.7 Å². The highest BCUT2D eigenvalue weighted by molar-refractivity contribution is 9.10. The van der Waals surface area contributed by atoms with Gasteiger partial charge in [-0.05, 0) is 57.5 Å².